The Balaban J connectivity index is 1.91. The summed E-state index contributed by atoms with van der Waals surface area (Å²) in [6.07, 6.45) is 0.893. The van der Waals surface area contributed by atoms with Crippen LogP contribution in [-0.4, -0.2) is 18.5 Å². The first-order chi connectivity index (χ1) is 11.1. The van der Waals surface area contributed by atoms with Crippen molar-refractivity contribution in [1.82, 2.24) is 5.32 Å². The van der Waals surface area contributed by atoms with Gasteiger partial charge in [-0.05, 0) is 49.7 Å². The number of rotatable bonds is 5. The maximum atomic E-state index is 11.9. The molecule has 0 heterocycles. The van der Waals surface area contributed by atoms with Crippen molar-refractivity contribution in [2.75, 3.05) is 17.2 Å². The minimum Gasteiger partial charge on any atom is -0.352 e. The predicted octanol–water partition coefficient (Wildman–Crippen LogP) is 3.78. The average Bonchev–Trinajstić information content (AvgIpc) is 2.55. The molecule has 0 atom stereocenters. The molecule has 0 aliphatic rings. The highest BCUT2D eigenvalue weighted by atomic mass is 16.2. The number of hydrogen-bond donors (Lipinski definition) is 3. The average molecular weight is 311 g/mol. The highest BCUT2D eigenvalue weighted by molar-refractivity contribution is 6.00. The Morgan fingerprint density at radius 2 is 1.39 bits per heavy atom. The van der Waals surface area contributed by atoms with E-state index in [0.717, 1.165) is 17.7 Å². The SMILES string of the molecule is CCCNC(=O)c1ccc(NC(=O)Nc2ccc(C)cc2)cc1. The van der Waals surface area contributed by atoms with Gasteiger partial charge in [0, 0.05) is 23.5 Å². The van der Waals surface area contributed by atoms with Gasteiger partial charge in [-0.15, -0.1) is 0 Å². The monoisotopic (exact) mass is 311 g/mol. The minimum absolute atomic E-state index is 0.109. The fraction of sp³-hybridized carbons (Fsp3) is 0.222. The molecule has 3 amide bonds. The van der Waals surface area contributed by atoms with Crippen LogP contribution in [-0.2, 0) is 0 Å². The number of urea groups is 1. The Morgan fingerprint density at radius 3 is 1.91 bits per heavy atom. The minimum atomic E-state index is -0.322. The zero-order valence-corrected chi connectivity index (χ0v) is 13.3. The van der Waals surface area contributed by atoms with Gasteiger partial charge in [-0.25, -0.2) is 4.79 Å². The first kappa shape index (κ1) is 16.5. The number of aryl methyl sites for hydroxylation is 1. The van der Waals surface area contributed by atoms with Crippen LogP contribution in [0.25, 0.3) is 0 Å². The molecule has 0 fully saturated rings. The highest BCUT2D eigenvalue weighted by Crippen LogP contribution is 2.12. The summed E-state index contributed by atoms with van der Waals surface area (Å²) in [5.74, 6) is -0.109. The fourth-order valence-electron chi connectivity index (χ4n) is 1.98. The molecular weight excluding hydrogens is 290 g/mol. The lowest BCUT2D eigenvalue weighted by Crippen LogP contribution is -2.24. The van der Waals surface area contributed by atoms with Crippen molar-refractivity contribution in [1.29, 1.82) is 0 Å². The number of nitrogens with one attached hydrogen (secondary N) is 3. The van der Waals surface area contributed by atoms with Crippen LogP contribution in [0.5, 0.6) is 0 Å². The summed E-state index contributed by atoms with van der Waals surface area (Å²) in [6, 6.07) is 14.0. The number of anilines is 2. The molecule has 23 heavy (non-hydrogen) atoms. The van der Waals surface area contributed by atoms with Crippen molar-refractivity contribution in [2.45, 2.75) is 20.3 Å². The van der Waals surface area contributed by atoms with Gasteiger partial charge in [-0.3, -0.25) is 4.79 Å². The molecule has 5 heteroatoms. The Hall–Kier alpha value is -2.82. The van der Waals surface area contributed by atoms with Gasteiger partial charge in [0.25, 0.3) is 5.91 Å². The van der Waals surface area contributed by atoms with Crippen molar-refractivity contribution in [2.24, 2.45) is 0 Å². The van der Waals surface area contributed by atoms with E-state index in [1.54, 1.807) is 24.3 Å². The molecule has 0 unspecified atom stereocenters. The number of hydrogen-bond acceptors (Lipinski definition) is 2. The largest absolute Gasteiger partial charge is 0.352 e. The maximum absolute atomic E-state index is 11.9. The van der Waals surface area contributed by atoms with Crippen LogP contribution < -0.4 is 16.0 Å². The van der Waals surface area contributed by atoms with E-state index in [0.29, 0.717) is 17.8 Å². The molecule has 0 saturated carbocycles. The molecule has 0 radical (unpaired) electrons. The van der Waals surface area contributed by atoms with E-state index in [1.165, 1.54) is 0 Å². The smallest absolute Gasteiger partial charge is 0.323 e. The van der Waals surface area contributed by atoms with E-state index in [4.69, 9.17) is 0 Å². The second-order valence-corrected chi connectivity index (χ2v) is 5.28. The van der Waals surface area contributed by atoms with Crippen LogP contribution in [0.2, 0.25) is 0 Å². The summed E-state index contributed by atoms with van der Waals surface area (Å²) >= 11 is 0. The lowest BCUT2D eigenvalue weighted by Gasteiger charge is -2.09. The quantitative estimate of drug-likeness (QED) is 0.786. The summed E-state index contributed by atoms with van der Waals surface area (Å²) in [5.41, 5.74) is 3.06. The lowest BCUT2D eigenvalue weighted by molar-refractivity contribution is 0.0953. The molecule has 0 aromatic heterocycles. The van der Waals surface area contributed by atoms with Crippen LogP contribution in [0.1, 0.15) is 29.3 Å². The van der Waals surface area contributed by atoms with E-state index < -0.39 is 0 Å². The normalized spacial score (nSPS) is 10.0. The molecule has 2 rings (SSSR count). The molecule has 0 aliphatic carbocycles. The molecule has 0 aliphatic heterocycles. The standard InChI is InChI=1S/C18H21N3O2/c1-3-12-19-17(22)14-6-10-16(11-7-14)21-18(23)20-15-8-4-13(2)5-9-15/h4-11H,3,12H2,1-2H3,(H,19,22)(H2,20,21,23). The number of carbonyl (C=O) groups excluding carboxylic acids is 2. The molecule has 2 aromatic rings. The van der Waals surface area contributed by atoms with E-state index in [-0.39, 0.29) is 11.9 Å². The van der Waals surface area contributed by atoms with Crippen molar-refractivity contribution >= 4 is 23.3 Å². The first-order valence-corrected chi connectivity index (χ1v) is 7.61. The van der Waals surface area contributed by atoms with Gasteiger partial charge < -0.3 is 16.0 Å². The zero-order valence-electron chi connectivity index (χ0n) is 13.3. The summed E-state index contributed by atoms with van der Waals surface area (Å²) in [7, 11) is 0. The molecule has 120 valence electrons. The Labute approximate surface area is 136 Å². The molecule has 5 nitrogen and oxygen atoms in total. The van der Waals surface area contributed by atoms with E-state index in [9.17, 15) is 9.59 Å². The third-order valence-electron chi connectivity index (χ3n) is 3.25. The van der Waals surface area contributed by atoms with Gasteiger partial charge in [-0.2, -0.15) is 0 Å². The summed E-state index contributed by atoms with van der Waals surface area (Å²) in [4.78, 5) is 23.7. The van der Waals surface area contributed by atoms with Gasteiger partial charge in [0.05, 0.1) is 0 Å². The summed E-state index contributed by atoms with van der Waals surface area (Å²) in [5, 5.41) is 8.29. The highest BCUT2D eigenvalue weighted by Gasteiger charge is 2.06. The van der Waals surface area contributed by atoms with Crippen molar-refractivity contribution in [3.8, 4) is 0 Å². The fourth-order valence-corrected chi connectivity index (χ4v) is 1.98. The van der Waals surface area contributed by atoms with Crippen molar-refractivity contribution < 1.29 is 9.59 Å². The van der Waals surface area contributed by atoms with Crippen molar-refractivity contribution in [3.05, 3.63) is 59.7 Å². The second-order valence-electron chi connectivity index (χ2n) is 5.28. The summed E-state index contributed by atoms with van der Waals surface area (Å²) in [6.45, 7) is 4.64. The molecule has 3 N–H and O–H groups in total. The van der Waals surface area contributed by atoms with Crippen LogP contribution in [0.4, 0.5) is 16.2 Å². The molecule has 0 saturated heterocycles. The Morgan fingerprint density at radius 1 is 0.870 bits per heavy atom. The van der Waals surface area contributed by atoms with Crippen molar-refractivity contribution in [3.63, 3.8) is 0 Å². The predicted molar refractivity (Wildman–Crippen MR) is 92.9 cm³/mol. The second kappa shape index (κ2) is 7.98. The van der Waals surface area contributed by atoms with Gasteiger partial charge in [0.2, 0.25) is 0 Å². The third kappa shape index (κ3) is 5.14. The maximum Gasteiger partial charge on any atom is 0.323 e. The first-order valence-electron chi connectivity index (χ1n) is 7.61. The third-order valence-corrected chi connectivity index (χ3v) is 3.25. The topological polar surface area (TPSA) is 70.2 Å². The Bertz CT molecular complexity index is 664. The van der Waals surface area contributed by atoms with Gasteiger partial charge >= 0.3 is 6.03 Å². The number of amides is 3. The number of benzene rings is 2. The molecule has 2 aromatic carbocycles. The zero-order chi connectivity index (χ0) is 16.7. The molecule has 0 spiro atoms. The van der Waals surface area contributed by atoms with Gasteiger partial charge in [0.1, 0.15) is 0 Å². The lowest BCUT2D eigenvalue weighted by atomic mass is 10.2. The van der Waals surface area contributed by atoms with E-state index in [1.807, 2.05) is 38.1 Å². The Kier molecular flexibility index (Phi) is 5.74. The number of carbonyl (C=O) groups is 2. The van der Waals surface area contributed by atoms with Gasteiger partial charge in [-0.1, -0.05) is 24.6 Å². The summed E-state index contributed by atoms with van der Waals surface area (Å²) < 4.78 is 0. The van der Waals surface area contributed by atoms with Crippen LogP contribution in [0.15, 0.2) is 48.5 Å². The van der Waals surface area contributed by atoms with E-state index >= 15 is 0 Å². The van der Waals surface area contributed by atoms with Crippen LogP contribution in [0.3, 0.4) is 0 Å². The van der Waals surface area contributed by atoms with Gasteiger partial charge in [0.15, 0.2) is 0 Å². The molecular formula is C18H21N3O2. The molecule has 0 bridgehead atoms. The van der Waals surface area contributed by atoms with Crippen LogP contribution >= 0.6 is 0 Å². The van der Waals surface area contributed by atoms with E-state index in [2.05, 4.69) is 16.0 Å². The van der Waals surface area contributed by atoms with Crippen LogP contribution in [0, 0.1) is 6.92 Å².